The number of hydrogen-bond donors (Lipinski definition) is 2. The highest BCUT2D eigenvalue weighted by molar-refractivity contribution is 5.85. The van der Waals surface area contributed by atoms with Crippen molar-refractivity contribution in [1.29, 1.82) is 0 Å². The Kier molecular flexibility index (Phi) is 5.92. The van der Waals surface area contributed by atoms with Crippen LogP contribution in [0.15, 0.2) is 29.3 Å². The van der Waals surface area contributed by atoms with Gasteiger partial charge in [0.15, 0.2) is 5.96 Å². The molecule has 1 amide bonds. The van der Waals surface area contributed by atoms with E-state index < -0.39 is 0 Å². The van der Waals surface area contributed by atoms with Crippen LogP contribution in [0.25, 0.3) is 0 Å². The molecule has 1 aliphatic carbocycles. The molecule has 1 fully saturated rings. The van der Waals surface area contributed by atoms with E-state index in [1.54, 1.807) is 19.0 Å². The summed E-state index contributed by atoms with van der Waals surface area (Å²) in [4.78, 5) is 18.2. The predicted octanol–water partition coefficient (Wildman–Crippen LogP) is 2.85. The monoisotopic (exact) mass is 372 g/mol. The van der Waals surface area contributed by atoms with Gasteiger partial charge in [-0.05, 0) is 32.8 Å². The van der Waals surface area contributed by atoms with Crippen LogP contribution in [-0.2, 0) is 4.79 Å². The zero-order valence-corrected chi connectivity index (χ0v) is 16.9. The SMILES string of the molecule is CN(C)C(=O)CN=C(NC1CCCC1)NC1CC(C)(C)Oc2ccccc21. The minimum atomic E-state index is -0.260. The number of para-hydroxylation sites is 1. The standard InChI is InChI=1S/C21H32N4O2/c1-21(2)13-17(16-11-7-8-12-18(16)27-21)24-20(22-14-19(26)25(3)4)23-15-9-5-6-10-15/h7-8,11-12,15,17H,5-6,9-10,13-14H2,1-4H3,(H2,22,23,24). The van der Waals surface area contributed by atoms with Crippen LogP contribution in [-0.4, -0.2) is 49.0 Å². The molecule has 148 valence electrons. The van der Waals surface area contributed by atoms with E-state index in [-0.39, 0.29) is 24.1 Å². The molecule has 1 aliphatic heterocycles. The normalized spacial score (nSPS) is 21.9. The maximum absolute atomic E-state index is 12.0. The number of benzene rings is 1. The van der Waals surface area contributed by atoms with Gasteiger partial charge in [-0.2, -0.15) is 0 Å². The van der Waals surface area contributed by atoms with E-state index in [1.807, 2.05) is 18.2 Å². The number of aliphatic imine (C=N–C) groups is 1. The molecule has 3 rings (SSSR count). The van der Waals surface area contributed by atoms with Crippen LogP contribution in [0.3, 0.4) is 0 Å². The molecule has 1 unspecified atom stereocenters. The summed E-state index contributed by atoms with van der Waals surface area (Å²) in [6.45, 7) is 4.35. The first-order chi connectivity index (χ1) is 12.8. The summed E-state index contributed by atoms with van der Waals surface area (Å²) in [5, 5.41) is 7.12. The van der Waals surface area contributed by atoms with Crippen LogP contribution < -0.4 is 15.4 Å². The average Bonchev–Trinajstić information content (AvgIpc) is 3.11. The fourth-order valence-corrected chi connectivity index (χ4v) is 3.78. The zero-order valence-electron chi connectivity index (χ0n) is 16.9. The van der Waals surface area contributed by atoms with Crippen LogP contribution in [0.1, 0.15) is 57.6 Å². The van der Waals surface area contributed by atoms with Gasteiger partial charge in [0.25, 0.3) is 0 Å². The van der Waals surface area contributed by atoms with Crippen molar-refractivity contribution in [3.8, 4) is 5.75 Å². The van der Waals surface area contributed by atoms with E-state index >= 15 is 0 Å². The molecule has 1 aromatic carbocycles. The van der Waals surface area contributed by atoms with E-state index in [0.717, 1.165) is 36.5 Å². The summed E-state index contributed by atoms with van der Waals surface area (Å²) >= 11 is 0. The van der Waals surface area contributed by atoms with Crippen molar-refractivity contribution >= 4 is 11.9 Å². The number of fused-ring (bicyclic) bond motifs is 1. The van der Waals surface area contributed by atoms with E-state index in [9.17, 15) is 4.79 Å². The summed E-state index contributed by atoms with van der Waals surface area (Å²) in [5.74, 6) is 1.63. The van der Waals surface area contributed by atoms with Crippen molar-refractivity contribution in [2.24, 2.45) is 4.99 Å². The van der Waals surface area contributed by atoms with Crippen molar-refractivity contribution in [3.63, 3.8) is 0 Å². The Morgan fingerprint density at radius 3 is 2.63 bits per heavy atom. The summed E-state index contributed by atoms with van der Waals surface area (Å²) in [6, 6.07) is 8.66. The van der Waals surface area contributed by atoms with Gasteiger partial charge in [0, 0.05) is 32.1 Å². The number of carbonyl (C=O) groups excluding carboxylic acids is 1. The summed E-state index contributed by atoms with van der Waals surface area (Å²) in [6.07, 6.45) is 5.62. The number of rotatable bonds is 4. The third kappa shape index (κ3) is 5.15. The quantitative estimate of drug-likeness (QED) is 0.630. The van der Waals surface area contributed by atoms with E-state index in [0.29, 0.717) is 6.04 Å². The third-order valence-corrected chi connectivity index (χ3v) is 5.25. The fourth-order valence-electron chi connectivity index (χ4n) is 3.78. The van der Waals surface area contributed by atoms with Gasteiger partial charge in [-0.15, -0.1) is 0 Å². The second-order valence-corrected chi connectivity index (χ2v) is 8.38. The van der Waals surface area contributed by atoms with Crippen molar-refractivity contribution < 1.29 is 9.53 Å². The highest BCUT2D eigenvalue weighted by Crippen LogP contribution is 2.39. The third-order valence-electron chi connectivity index (χ3n) is 5.25. The molecule has 2 aliphatic rings. The Labute approximate surface area is 162 Å². The van der Waals surface area contributed by atoms with E-state index in [1.165, 1.54) is 12.8 Å². The minimum Gasteiger partial charge on any atom is -0.487 e. The lowest BCUT2D eigenvalue weighted by Gasteiger charge is -2.38. The summed E-state index contributed by atoms with van der Waals surface area (Å²) in [7, 11) is 3.51. The van der Waals surface area contributed by atoms with Crippen molar-refractivity contribution in [1.82, 2.24) is 15.5 Å². The summed E-state index contributed by atoms with van der Waals surface area (Å²) in [5.41, 5.74) is 0.876. The van der Waals surface area contributed by atoms with Gasteiger partial charge in [-0.3, -0.25) is 4.79 Å². The van der Waals surface area contributed by atoms with Crippen molar-refractivity contribution in [2.75, 3.05) is 20.6 Å². The molecule has 0 spiro atoms. The molecule has 0 radical (unpaired) electrons. The average molecular weight is 373 g/mol. The Balaban J connectivity index is 1.79. The molecule has 1 saturated carbocycles. The topological polar surface area (TPSA) is 66.0 Å². The van der Waals surface area contributed by atoms with Crippen LogP contribution >= 0.6 is 0 Å². The van der Waals surface area contributed by atoms with Crippen LogP contribution in [0.5, 0.6) is 5.75 Å². The minimum absolute atomic E-state index is 0.00442. The molecule has 1 heterocycles. The van der Waals surface area contributed by atoms with E-state index in [4.69, 9.17) is 4.74 Å². The first-order valence-electron chi connectivity index (χ1n) is 9.90. The number of guanidine groups is 1. The molecule has 0 saturated heterocycles. The lowest BCUT2D eigenvalue weighted by atomic mass is 9.90. The highest BCUT2D eigenvalue weighted by Gasteiger charge is 2.34. The van der Waals surface area contributed by atoms with Crippen molar-refractivity contribution in [3.05, 3.63) is 29.8 Å². The Hall–Kier alpha value is -2.24. The van der Waals surface area contributed by atoms with Crippen LogP contribution in [0.4, 0.5) is 0 Å². The van der Waals surface area contributed by atoms with Crippen LogP contribution in [0, 0.1) is 0 Å². The molecule has 2 N–H and O–H groups in total. The lowest BCUT2D eigenvalue weighted by molar-refractivity contribution is -0.127. The maximum atomic E-state index is 12.0. The number of amides is 1. The van der Waals surface area contributed by atoms with Crippen molar-refractivity contribution in [2.45, 2.75) is 63.6 Å². The largest absolute Gasteiger partial charge is 0.487 e. The first-order valence-corrected chi connectivity index (χ1v) is 9.90. The number of carbonyl (C=O) groups is 1. The number of nitrogens with zero attached hydrogens (tertiary/aromatic N) is 2. The smallest absolute Gasteiger partial charge is 0.243 e. The molecule has 0 aromatic heterocycles. The van der Waals surface area contributed by atoms with Crippen LogP contribution in [0.2, 0.25) is 0 Å². The number of nitrogens with one attached hydrogen (secondary N) is 2. The molecular weight excluding hydrogens is 340 g/mol. The van der Waals surface area contributed by atoms with Gasteiger partial charge in [0.1, 0.15) is 17.9 Å². The summed E-state index contributed by atoms with van der Waals surface area (Å²) < 4.78 is 6.13. The number of hydrogen-bond acceptors (Lipinski definition) is 3. The van der Waals surface area contributed by atoms with Gasteiger partial charge in [0.2, 0.25) is 5.91 Å². The number of ether oxygens (including phenoxy) is 1. The number of likely N-dealkylation sites (N-methyl/N-ethyl adjacent to an activating group) is 1. The van der Waals surface area contributed by atoms with E-state index in [2.05, 4.69) is 35.5 Å². The maximum Gasteiger partial charge on any atom is 0.243 e. The van der Waals surface area contributed by atoms with Gasteiger partial charge in [-0.1, -0.05) is 31.0 Å². The molecule has 6 nitrogen and oxygen atoms in total. The first kappa shape index (κ1) is 19.5. The van der Waals surface area contributed by atoms with Gasteiger partial charge in [-0.25, -0.2) is 4.99 Å². The Morgan fingerprint density at radius 2 is 1.93 bits per heavy atom. The van der Waals surface area contributed by atoms with Gasteiger partial charge in [0.05, 0.1) is 6.04 Å². The lowest BCUT2D eigenvalue weighted by Crippen LogP contribution is -2.48. The molecule has 1 atom stereocenters. The molecule has 1 aromatic rings. The van der Waals surface area contributed by atoms with Gasteiger partial charge < -0.3 is 20.3 Å². The fraction of sp³-hybridized carbons (Fsp3) is 0.619. The molecular formula is C21H32N4O2. The molecule has 6 heteroatoms. The highest BCUT2D eigenvalue weighted by atomic mass is 16.5. The Morgan fingerprint density at radius 1 is 1.22 bits per heavy atom. The Bertz CT molecular complexity index is 693. The van der Waals surface area contributed by atoms with Gasteiger partial charge >= 0.3 is 0 Å². The second kappa shape index (κ2) is 8.19. The zero-order chi connectivity index (χ0) is 19.4. The second-order valence-electron chi connectivity index (χ2n) is 8.38. The molecule has 27 heavy (non-hydrogen) atoms. The predicted molar refractivity (Wildman–Crippen MR) is 108 cm³/mol. The molecule has 0 bridgehead atoms.